The minimum Gasteiger partial charge on any atom is -0.497 e. The molecule has 0 spiro atoms. The van der Waals surface area contributed by atoms with E-state index >= 15 is 0 Å². The monoisotopic (exact) mass is 329 g/mol. The molecule has 0 saturated carbocycles. The first-order valence-electron chi connectivity index (χ1n) is 7.48. The molecule has 1 amide bonds. The van der Waals surface area contributed by atoms with E-state index in [-0.39, 0.29) is 28.9 Å². The van der Waals surface area contributed by atoms with Crippen molar-refractivity contribution in [3.05, 3.63) is 65.0 Å². The molecule has 2 aromatic carbocycles. The molecule has 1 aliphatic rings. The largest absolute Gasteiger partial charge is 0.497 e. The number of nitrogens with zero attached hydrogens (tertiary/aromatic N) is 1. The van der Waals surface area contributed by atoms with Gasteiger partial charge in [-0.1, -0.05) is 12.1 Å². The topological polar surface area (TPSA) is 66.8 Å². The summed E-state index contributed by atoms with van der Waals surface area (Å²) in [7, 11) is 1.42. The average Bonchev–Trinajstić information content (AvgIpc) is 2.55. The lowest BCUT2D eigenvalue weighted by Crippen LogP contribution is -2.45. The highest BCUT2D eigenvalue weighted by atomic mass is 19.1. The lowest BCUT2D eigenvalue weighted by Gasteiger charge is -2.41. The molecule has 1 heterocycles. The highest BCUT2D eigenvalue weighted by molar-refractivity contribution is 5.98. The van der Waals surface area contributed by atoms with E-state index in [4.69, 9.17) is 9.84 Å². The summed E-state index contributed by atoms with van der Waals surface area (Å²) < 4.78 is 18.1. The number of aromatic carboxylic acids is 1. The Morgan fingerprint density at radius 1 is 1.17 bits per heavy atom. The first-order valence-corrected chi connectivity index (χ1v) is 7.48. The summed E-state index contributed by atoms with van der Waals surface area (Å²) in [6.07, 6.45) is 0.785. The van der Waals surface area contributed by atoms with Gasteiger partial charge in [0.15, 0.2) is 0 Å². The molecule has 0 aromatic heterocycles. The van der Waals surface area contributed by atoms with E-state index in [0.717, 1.165) is 12.0 Å². The number of benzene rings is 2. The minimum absolute atomic E-state index is 0.00319. The Bertz CT molecular complexity index is 788. The van der Waals surface area contributed by atoms with Gasteiger partial charge in [-0.05, 0) is 42.3 Å². The van der Waals surface area contributed by atoms with Crippen LogP contribution in [-0.2, 0) is 0 Å². The minimum atomic E-state index is -1.12. The molecule has 1 aliphatic heterocycles. The number of halogens is 1. The van der Waals surface area contributed by atoms with Gasteiger partial charge in [-0.25, -0.2) is 9.18 Å². The Morgan fingerprint density at radius 3 is 2.38 bits per heavy atom. The lowest BCUT2D eigenvalue weighted by atomic mass is 9.93. The molecular weight excluding hydrogens is 313 g/mol. The number of methoxy groups -OCH3 is 1. The predicted octanol–water partition coefficient (Wildman–Crippen LogP) is 3.12. The van der Waals surface area contributed by atoms with Crippen LogP contribution in [0.2, 0.25) is 0 Å². The van der Waals surface area contributed by atoms with Crippen LogP contribution in [0.4, 0.5) is 4.39 Å². The normalized spacial score (nSPS) is 16.4. The maximum atomic E-state index is 13.0. The number of rotatable bonds is 4. The van der Waals surface area contributed by atoms with Crippen LogP contribution in [0.1, 0.15) is 38.7 Å². The van der Waals surface area contributed by atoms with Crippen LogP contribution in [0.25, 0.3) is 0 Å². The molecular formula is C18H16FNO4. The lowest BCUT2D eigenvalue weighted by molar-refractivity contribution is 0.0460. The third-order valence-electron chi connectivity index (χ3n) is 4.17. The summed E-state index contributed by atoms with van der Waals surface area (Å²) in [5.41, 5.74) is 1.12. The van der Waals surface area contributed by atoms with Crippen molar-refractivity contribution in [3.63, 3.8) is 0 Å². The number of carboxylic acid groups (broad SMARTS) is 1. The fraction of sp³-hybridized carbons (Fsp3) is 0.222. The van der Waals surface area contributed by atoms with Crippen LogP contribution in [-0.4, -0.2) is 35.5 Å². The standard InChI is InChI=1S/C18H16FNO4/c1-24-15-9-12(8-13(10-15)18(22)23)17(21)20-7-6-16(20)11-2-4-14(19)5-3-11/h2-5,8-10,16H,6-7H2,1H3,(H,22,23). The molecule has 0 aliphatic carbocycles. The van der Waals surface area contributed by atoms with Gasteiger partial charge in [0, 0.05) is 12.1 Å². The van der Waals surface area contributed by atoms with Crippen molar-refractivity contribution in [2.24, 2.45) is 0 Å². The van der Waals surface area contributed by atoms with E-state index in [1.165, 1.54) is 37.4 Å². The van der Waals surface area contributed by atoms with Crippen LogP contribution < -0.4 is 4.74 Å². The second-order valence-corrected chi connectivity index (χ2v) is 5.61. The molecule has 0 bridgehead atoms. The molecule has 1 atom stereocenters. The van der Waals surface area contributed by atoms with Crippen molar-refractivity contribution < 1.29 is 23.8 Å². The zero-order chi connectivity index (χ0) is 17.3. The molecule has 2 aromatic rings. The van der Waals surface area contributed by atoms with Crippen LogP contribution in [0, 0.1) is 5.82 Å². The summed E-state index contributed by atoms with van der Waals surface area (Å²) in [4.78, 5) is 25.6. The fourth-order valence-electron chi connectivity index (χ4n) is 2.79. The Kier molecular flexibility index (Phi) is 4.20. The zero-order valence-electron chi connectivity index (χ0n) is 13.0. The molecule has 124 valence electrons. The second-order valence-electron chi connectivity index (χ2n) is 5.61. The van der Waals surface area contributed by atoms with Gasteiger partial charge in [0.1, 0.15) is 11.6 Å². The molecule has 3 rings (SSSR count). The zero-order valence-corrected chi connectivity index (χ0v) is 13.0. The van der Waals surface area contributed by atoms with Crippen molar-refractivity contribution in [2.45, 2.75) is 12.5 Å². The van der Waals surface area contributed by atoms with E-state index in [0.29, 0.717) is 12.3 Å². The molecule has 1 saturated heterocycles. The number of ether oxygens (including phenoxy) is 1. The van der Waals surface area contributed by atoms with E-state index in [2.05, 4.69) is 0 Å². The van der Waals surface area contributed by atoms with Gasteiger partial charge in [-0.3, -0.25) is 4.79 Å². The Hall–Kier alpha value is -2.89. The third-order valence-corrected chi connectivity index (χ3v) is 4.17. The predicted molar refractivity (Wildman–Crippen MR) is 84.7 cm³/mol. The Morgan fingerprint density at radius 2 is 1.83 bits per heavy atom. The highest BCUT2D eigenvalue weighted by Crippen LogP contribution is 2.35. The smallest absolute Gasteiger partial charge is 0.335 e. The van der Waals surface area contributed by atoms with Crippen molar-refractivity contribution in [3.8, 4) is 5.75 Å². The number of hydrogen-bond acceptors (Lipinski definition) is 3. The molecule has 1 unspecified atom stereocenters. The van der Waals surface area contributed by atoms with E-state index in [9.17, 15) is 14.0 Å². The number of carbonyl (C=O) groups is 2. The first-order chi connectivity index (χ1) is 11.5. The number of likely N-dealkylation sites (tertiary alicyclic amines) is 1. The van der Waals surface area contributed by atoms with E-state index in [1.54, 1.807) is 17.0 Å². The van der Waals surface area contributed by atoms with Crippen LogP contribution in [0.15, 0.2) is 42.5 Å². The molecule has 0 radical (unpaired) electrons. The third kappa shape index (κ3) is 2.95. The molecule has 1 N–H and O–H groups in total. The summed E-state index contributed by atoms with van der Waals surface area (Å²) >= 11 is 0. The average molecular weight is 329 g/mol. The van der Waals surface area contributed by atoms with Gasteiger partial charge in [0.25, 0.3) is 5.91 Å². The summed E-state index contributed by atoms with van der Waals surface area (Å²) in [5, 5.41) is 9.16. The SMILES string of the molecule is COc1cc(C(=O)O)cc(C(=O)N2CCC2c2ccc(F)cc2)c1. The molecule has 24 heavy (non-hydrogen) atoms. The van der Waals surface area contributed by atoms with E-state index in [1.807, 2.05) is 0 Å². The van der Waals surface area contributed by atoms with Crippen molar-refractivity contribution >= 4 is 11.9 Å². The van der Waals surface area contributed by atoms with Crippen molar-refractivity contribution in [1.29, 1.82) is 0 Å². The van der Waals surface area contributed by atoms with Crippen molar-refractivity contribution in [2.75, 3.05) is 13.7 Å². The molecule has 1 fully saturated rings. The van der Waals surface area contributed by atoms with Crippen LogP contribution in [0.3, 0.4) is 0 Å². The van der Waals surface area contributed by atoms with Gasteiger partial charge >= 0.3 is 5.97 Å². The summed E-state index contributed by atoms with van der Waals surface area (Å²) in [5.74, 6) is -1.40. The number of hydrogen-bond donors (Lipinski definition) is 1. The van der Waals surface area contributed by atoms with Gasteiger partial charge in [-0.2, -0.15) is 0 Å². The molecule has 6 heteroatoms. The van der Waals surface area contributed by atoms with Crippen molar-refractivity contribution in [1.82, 2.24) is 4.90 Å². The van der Waals surface area contributed by atoms with Gasteiger partial charge < -0.3 is 14.7 Å². The van der Waals surface area contributed by atoms with E-state index < -0.39 is 5.97 Å². The highest BCUT2D eigenvalue weighted by Gasteiger charge is 2.34. The number of amides is 1. The van der Waals surface area contributed by atoms with Gasteiger partial charge in [-0.15, -0.1) is 0 Å². The van der Waals surface area contributed by atoms with Crippen LogP contribution >= 0.6 is 0 Å². The maximum absolute atomic E-state index is 13.0. The first kappa shape index (κ1) is 16.0. The number of carbonyl (C=O) groups excluding carboxylic acids is 1. The Balaban J connectivity index is 1.87. The van der Waals surface area contributed by atoms with Gasteiger partial charge in [0.2, 0.25) is 0 Å². The summed E-state index contributed by atoms with van der Waals surface area (Å²) in [6, 6.07) is 10.2. The quantitative estimate of drug-likeness (QED) is 0.936. The fourth-order valence-corrected chi connectivity index (χ4v) is 2.79. The second kappa shape index (κ2) is 6.31. The summed E-state index contributed by atoms with van der Waals surface area (Å²) in [6.45, 7) is 0.570. The maximum Gasteiger partial charge on any atom is 0.335 e. The van der Waals surface area contributed by atoms with Crippen LogP contribution in [0.5, 0.6) is 5.75 Å². The Labute approximate surface area is 138 Å². The molecule has 5 nitrogen and oxygen atoms in total. The number of carboxylic acids is 1. The van der Waals surface area contributed by atoms with Gasteiger partial charge in [0.05, 0.1) is 18.7 Å².